The second-order valence-electron chi connectivity index (χ2n) is 6.76. The van der Waals surface area contributed by atoms with Gasteiger partial charge in [-0.2, -0.15) is 0 Å². The molecule has 0 atom stereocenters. The molecule has 1 heterocycles. The summed E-state index contributed by atoms with van der Waals surface area (Å²) >= 11 is 6.27. The molecule has 1 aromatic heterocycles. The molecule has 0 aliphatic rings. The van der Waals surface area contributed by atoms with Crippen molar-refractivity contribution >= 4 is 44.6 Å². The molecular weight excluding hydrogens is 462 g/mol. The number of sulfonamides is 1. The van der Waals surface area contributed by atoms with Crippen molar-refractivity contribution in [1.82, 2.24) is 15.3 Å². The molecule has 0 aliphatic carbocycles. The van der Waals surface area contributed by atoms with Gasteiger partial charge in [-0.3, -0.25) is 0 Å². The predicted molar refractivity (Wildman–Crippen MR) is 121 cm³/mol. The molecule has 0 amide bonds. The van der Waals surface area contributed by atoms with E-state index in [4.69, 9.17) is 11.6 Å². The Morgan fingerprint density at radius 2 is 1.78 bits per heavy atom. The zero-order valence-electron chi connectivity index (χ0n) is 17.2. The lowest BCUT2D eigenvalue weighted by molar-refractivity contribution is 0.570. The predicted octanol–water partition coefficient (Wildman–Crippen LogP) is 3.61. The van der Waals surface area contributed by atoms with Crippen LogP contribution in [0.25, 0.3) is 0 Å². The second-order valence-corrected chi connectivity index (χ2v) is 8.82. The van der Waals surface area contributed by atoms with Crippen molar-refractivity contribution in [3.8, 4) is 0 Å². The van der Waals surface area contributed by atoms with Gasteiger partial charge < -0.3 is 15.5 Å². The summed E-state index contributed by atoms with van der Waals surface area (Å²) in [6, 6.07) is 9.36. The summed E-state index contributed by atoms with van der Waals surface area (Å²) in [4.78, 5) is 8.33. The van der Waals surface area contributed by atoms with Crippen molar-refractivity contribution in [2.75, 3.05) is 42.1 Å². The van der Waals surface area contributed by atoms with Gasteiger partial charge in [-0.1, -0.05) is 23.7 Å². The maximum Gasteiger partial charge on any atom is 0.267 e. The Morgan fingerprint density at radius 3 is 2.47 bits per heavy atom. The van der Waals surface area contributed by atoms with Gasteiger partial charge in [0.05, 0.1) is 34.5 Å². The number of nitrogens with zero attached hydrogens (tertiary/aromatic N) is 3. The van der Waals surface area contributed by atoms with Gasteiger partial charge in [-0.05, 0) is 25.2 Å². The lowest BCUT2D eigenvalue weighted by atomic mass is 10.2. The average Bonchev–Trinajstić information content (AvgIpc) is 2.76. The van der Waals surface area contributed by atoms with Gasteiger partial charge in [-0.25, -0.2) is 31.9 Å². The molecular formula is C20H21ClF2N6O2S. The van der Waals surface area contributed by atoms with E-state index in [-0.39, 0.29) is 10.7 Å². The van der Waals surface area contributed by atoms with Crippen LogP contribution in [0, 0.1) is 11.6 Å². The van der Waals surface area contributed by atoms with Crippen LogP contribution in [0.5, 0.6) is 0 Å². The number of benzene rings is 2. The molecule has 0 saturated carbocycles. The van der Waals surface area contributed by atoms with Crippen molar-refractivity contribution in [2.45, 2.75) is 4.90 Å². The summed E-state index contributed by atoms with van der Waals surface area (Å²) in [5.41, 5.74) is 1.71. The lowest BCUT2D eigenvalue weighted by Gasteiger charge is -2.23. The monoisotopic (exact) mass is 482 g/mol. The minimum atomic E-state index is -4.40. The summed E-state index contributed by atoms with van der Waals surface area (Å²) < 4.78 is 54.8. The van der Waals surface area contributed by atoms with Gasteiger partial charge >= 0.3 is 0 Å². The number of anilines is 4. The molecule has 170 valence electrons. The molecule has 0 fully saturated rings. The highest BCUT2D eigenvalue weighted by molar-refractivity contribution is 7.92. The molecule has 0 radical (unpaired) electrons. The van der Waals surface area contributed by atoms with Crippen molar-refractivity contribution in [1.29, 1.82) is 0 Å². The summed E-state index contributed by atoms with van der Waals surface area (Å²) in [6.45, 7) is 1.49. The zero-order valence-corrected chi connectivity index (χ0v) is 18.8. The minimum absolute atomic E-state index is 0.0144. The quantitative estimate of drug-likeness (QED) is 0.428. The van der Waals surface area contributed by atoms with Crippen LogP contribution in [0.4, 0.5) is 31.8 Å². The molecule has 0 spiro atoms. The second kappa shape index (κ2) is 10.1. The Bertz CT molecular complexity index is 1200. The first-order chi connectivity index (χ1) is 15.2. The van der Waals surface area contributed by atoms with Crippen molar-refractivity contribution in [2.24, 2.45) is 0 Å². The number of para-hydroxylation sites is 2. The third kappa shape index (κ3) is 5.61. The van der Waals surface area contributed by atoms with Crippen LogP contribution >= 0.6 is 11.6 Å². The van der Waals surface area contributed by atoms with E-state index in [2.05, 4.69) is 20.6 Å². The molecule has 12 heteroatoms. The van der Waals surface area contributed by atoms with Crippen molar-refractivity contribution < 1.29 is 17.2 Å². The maximum atomic E-state index is 14.8. The fraction of sp³-hybridized carbons (Fsp3) is 0.200. The number of hydrogen-bond donors (Lipinski definition) is 3. The van der Waals surface area contributed by atoms with Gasteiger partial charge in [0.25, 0.3) is 10.0 Å². The van der Waals surface area contributed by atoms with Crippen molar-refractivity contribution in [3.63, 3.8) is 0 Å². The fourth-order valence-corrected chi connectivity index (χ4v) is 4.15. The molecule has 3 aromatic rings. The zero-order chi connectivity index (χ0) is 23.3. The van der Waals surface area contributed by atoms with Crippen LogP contribution in [0.1, 0.15) is 0 Å². The number of rotatable bonds is 9. The minimum Gasteiger partial charge on any atom is -0.372 e. The molecule has 3 N–H and O–H groups in total. The molecule has 0 bridgehead atoms. The molecule has 8 nitrogen and oxygen atoms in total. The first-order valence-corrected chi connectivity index (χ1v) is 11.3. The Labute approximate surface area is 189 Å². The Balaban J connectivity index is 1.88. The van der Waals surface area contributed by atoms with E-state index in [1.54, 1.807) is 6.07 Å². The maximum absolute atomic E-state index is 14.8. The van der Waals surface area contributed by atoms with E-state index < -0.39 is 32.5 Å². The van der Waals surface area contributed by atoms with Gasteiger partial charge in [0.1, 0.15) is 10.7 Å². The van der Waals surface area contributed by atoms with Crippen LogP contribution < -0.4 is 20.3 Å². The summed E-state index contributed by atoms with van der Waals surface area (Å²) in [5, 5.41) is 6.12. The lowest BCUT2D eigenvalue weighted by Crippen LogP contribution is -2.27. The smallest absolute Gasteiger partial charge is 0.267 e. The van der Waals surface area contributed by atoms with E-state index in [1.807, 2.05) is 41.9 Å². The van der Waals surface area contributed by atoms with E-state index in [0.29, 0.717) is 5.69 Å². The molecule has 2 aromatic carbocycles. The Morgan fingerprint density at radius 1 is 1.09 bits per heavy atom. The third-order valence-corrected chi connectivity index (χ3v) is 6.09. The largest absolute Gasteiger partial charge is 0.372 e. The molecule has 0 unspecified atom stereocenters. The highest BCUT2D eigenvalue weighted by atomic mass is 35.5. The summed E-state index contributed by atoms with van der Waals surface area (Å²) in [6.07, 6.45) is 1.57. The molecule has 32 heavy (non-hydrogen) atoms. The number of likely N-dealkylation sites (N-methyl/N-ethyl adjacent to an activating group) is 2. The standard InChI is InChI=1S/C20H21ClF2N6O2S/c1-24-7-8-29(2)18-6-4-3-5-16(18)27-17-10-15(23)19(9-14(17)21)32(30,31)28-20-25-11-13(22)12-26-20/h3-6,9-12,24,27H,7-8H2,1-2H3,(H,25,26,28). The number of aromatic nitrogens is 2. The van der Waals surface area contributed by atoms with Crippen molar-refractivity contribution in [3.05, 3.63) is 65.4 Å². The van der Waals surface area contributed by atoms with Gasteiger partial charge in [0, 0.05) is 26.2 Å². The van der Waals surface area contributed by atoms with Crippen LogP contribution in [-0.4, -0.2) is 45.6 Å². The normalized spacial score (nSPS) is 11.3. The van der Waals surface area contributed by atoms with Gasteiger partial charge in [-0.15, -0.1) is 0 Å². The SMILES string of the molecule is CNCCN(C)c1ccccc1Nc1cc(F)c(S(=O)(=O)Nc2ncc(F)cn2)cc1Cl. The molecule has 0 saturated heterocycles. The Hall–Kier alpha value is -3.02. The van der Waals surface area contributed by atoms with E-state index in [9.17, 15) is 17.2 Å². The van der Waals surface area contributed by atoms with Crippen LogP contribution in [0.15, 0.2) is 53.7 Å². The van der Waals surface area contributed by atoms with Gasteiger partial charge in [0.2, 0.25) is 5.95 Å². The average molecular weight is 483 g/mol. The molecule has 3 rings (SSSR count). The number of nitrogens with one attached hydrogen (secondary N) is 3. The van der Waals surface area contributed by atoms with Crippen LogP contribution in [-0.2, 0) is 10.0 Å². The molecule has 0 aliphatic heterocycles. The first kappa shape index (κ1) is 23.6. The van der Waals surface area contributed by atoms with Gasteiger partial charge in [0.15, 0.2) is 5.82 Å². The van der Waals surface area contributed by atoms with Crippen LogP contribution in [0.2, 0.25) is 5.02 Å². The summed E-state index contributed by atoms with van der Waals surface area (Å²) in [5.74, 6) is -2.18. The topological polar surface area (TPSA) is 99.2 Å². The van der Waals surface area contributed by atoms with E-state index >= 15 is 0 Å². The highest BCUT2D eigenvalue weighted by Crippen LogP contribution is 2.34. The summed E-state index contributed by atoms with van der Waals surface area (Å²) in [7, 11) is -0.631. The number of halogens is 3. The first-order valence-electron chi connectivity index (χ1n) is 9.42. The Kier molecular flexibility index (Phi) is 7.44. The third-order valence-electron chi connectivity index (χ3n) is 4.44. The number of hydrogen-bond acceptors (Lipinski definition) is 7. The highest BCUT2D eigenvalue weighted by Gasteiger charge is 2.23. The van der Waals surface area contributed by atoms with E-state index in [1.165, 1.54) is 0 Å². The fourth-order valence-electron chi connectivity index (χ4n) is 2.83. The van der Waals surface area contributed by atoms with Crippen LogP contribution in [0.3, 0.4) is 0 Å². The van der Waals surface area contributed by atoms with E-state index in [0.717, 1.165) is 43.3 Å².